The average molecular weight is 271 g/mol. The van der Waals surface area contributed by atoms with E-state index in [0.717, 1.165) is 18.9 Å². The number of aliphatic hydroxyl groups is 1. The van der Waals surface area contributed by atoms with Gasteiger partial charge in [0.1, 0.15) is 0 Å². The van der Waals surface area contributed by atoms with E-state index in [1.165, 1.54) is 12.8 Å². The molecular formula is C16H33NO2. The van der Waals surface area contributed by atoms with Crippen LogP contribution >= 0.6 is 0 Å². The van der Waals surface area contributed by atoms with Crippen molar-refractivity contribution in [2.75, 3.05) is 19.7 Å². The van der Waals surface area contributed by atoms with Crippen molar-refractivity contribution in [3.63, 3.8) is 0 Å². The molecule has 0 bridgehead atoms. The van der Waals surface area contributed by atoms with Gasteiger partial charge in [0.05, 0.1) is 18.3 Å². The monoisotopic (exact) mass is 271 g/mol. The van der Waals surface area contributed by atoms with Gasteiger partial charge in [-0.1, -0.05) is 34.1 Å². The van der Waals surface area contributed by atoms with Gasteiger partial charge in [0.25, 0.3) is 0 Å². The van der Waals surface area contributed by atoms with Crippen LogP contribution in [0.15, 0.2) is 0 Å². The third-order valence-electron chi connectivity index (χ3n) is 4.33. The molecule has 0 aromatic rings. The van der Waals surface area contributed by atoms with Crippen molar-refractivity contribution in [3.8, 4) is 0 Å². The lowest BCUT2D eigenvalue weighted by molar-refractivity contribution is -0.100. The Morgan fingerprint density at radius 1 is 1.37 bits per heavy atom. The molecule has 1 saturated carbocycles. The summed E-state index contributed by atoms with van der Waals surface area (Å²) in [6.07, 6.45) is 4.03. The van der Waals surface area contributed by atoms with Crippen molar-refractivity contribution in [1.29, 1.82) is 0 Å². The Bertz CT molecular complexity index is 253. The van der Waals surface area contributed by atoms with Crippen molar-refractivity contribution in [1.82, 2.24) is 5.32 Å². The second-order valence-corrected chi connectivity index (χ2v) is 6.95. The molecule has 0 aliphatic heterocycles. The minimum atomic E-state index is -0.766. The van der Waals surface area contributed by atoms with Gasteiger partial charge in [-0.2, -0.15) is 0 Å². The molecule has 0 aromatic carbocycles. The highest BCUT2D eigenvalue weighted by molar-refractivity contribution is 4.83. The quantitative estimate of drug-likeness (QED) is 0.748. The van der Waals surface area contributed by atoms with Crippen molar-refractivity contribution in [3.05, 3.63) is 0 Å². The number of hydrogen-bond donors (Lipinski definition) is 2. The Morgan fingerprint density at radius 3 is 2.63 bits per heavy atom. The molecule has 0 spiro atoms. The van der Waals surface area contributed by atoms with Crippen LogP contribution in [0.5, 0.6) is 0 Å². The standard InChI is InChI=1S/C16H33NO2/c1-6-17-10-16(5,18)11-19-15-9-13(4)7-8-14(15)12(2)3/h12-15,17-18H,6-11H2,1-5H3. The molecule has 19 heavy (non-hydrogen) atoms. The Balaban J connectivity index is 2.47. The highest BCUT2D eigenvalue weighted by Crippen LogP contribution is 2.35. The molecule has 0 amide bonds. The van der Waals surface area contributed by atoms with E-state index in [9.17, 15) is 5.11 Å². The van der Waals surface area contributed by atoms with E-state index < -0.39 is 5.60 Å². The molecule has 4 unspecified atom stereocenters. The van der Waals surface area contributed by atoms with E-state index in [-0.39, 0.29) is 0 Å². The van der Waals surface area contributed by atoms with Gasteiger partial charge < -0.3 is 15.2 Å². The highest BCUT2D eigenvalue weighted by Gasteiger charge is 2.33. The van der Waals surface area contributed by atoms with Gasteiger partial charge in [-0.3, -0.25) is 0 Å². The van der Waals surface area contributed by atoms with Crippen molar-refractivity contribution in [2.24, 2.45) is 17.8 Å². The average Bonchev–Trinajstić information content (AvgIpc) is 2.34. The predicted molar refractivity (Wildman–Crippen MR) is 80.3 cm³/mol. The minimum Gasteiger partial charge on any atom is -0.386 e. The van der Waals surface area contributed by atoms with Crippen LogP contribution in [0.1, 0.15) is 53.9 Å². The number of rotatable bonds is 7. The number of likely N-dealkylation sites (N-methyl/N-ethyl adjacent to an activating group) is 1. The fourth-order valence-electron chi connectivity index (χ4n) is 3.04. The molecule has 1 fully saturated rings. The Morgan fingerprint density at radius 2 is 2.05 bits per heavy atom. The highest BCUT2D eigenvalue weighted by atomic mass is 16.5. The molecule has 2 N–H and O–H groups in total. The van der Waals surface area contributed by atoms with Crippen LogP contribution in [-0.4, -0.2) is 36.5 Å². The summed E-state index contributed by atoms with van der Waals surface area (Å²) in [6.45, 7) is 12.7. The first-order valence-electron chi connectivity index (χ1n) is 7.90. The van der Waals surface area contributed by atoms with Gasteiger partial charge >= 0.3 is 0 Å². The van der Waals surface area contributed by atoms with E-state index in [1.807, 2.05) is 6.92 Å². The minimum absolute atomic E-state index is 0.317. The lowest BCUT2D eigenvalue weighted by Gasteiger charge is -2.38. The van der Waals surface area contributed by atoms with Gasteiger partial charge in [-0.25, -0.2) is 0 Å². The van der Waals surface area contributed by atoms with Crippen LogP contribution in [0, 0.1) is 17.8 Å². The van der Waals surface area contributed by atoms with Crippen LogP contribution in [0.3, 0.4) is 0 Å². The van der Waals surface area contributed by atoms with Gasteiger partial charge in [0.15, 0.2) is 0 Å². The number of hydrogen-bond acceptors (Lipinski definition) is 3. The van der Waals surface area contributed by atoms with Crippen LogP contribution in [0.4, 0.5) is 0 Å². The molecule has 1 aliphatic rings. The maximum absolute atomic E-state index is 10.3. The summed E-state index contributed by atoms with van der Waals surface area (Å²) >= 11 is 0. The fourth-order valence-corrected chi connectivity index (χ4v) is 3.04. The van der Waals surface area contributed by atoms with Crippen LogP contribution in [-0.2, 0) is 4.74 Å². The molecule has 0 heterocycles. The zero-order chi connectivity index (χ0) is 14.5. The summed E-state index contributed by atoms with van der Waals surface area (Å²) in [5.74, 6) is 2.06. The van der Waals surface area contributed by atoms with Gasteiger partial charge in [-0.15, -0.1) is 0 Å². The van der Waals surface area contributed by atoms with Gasteiger partial charge in [-0.05, 0) is 44.1 Å². The number of ether oxygens (including phenoxy) is 1. The summed E-state index contributed by atoms with van der Waals surface area (Å²) in [7, 11) is 0. The third-order valence-corrected chi connectivity index (χ3v) is 4.33. The molecule has 3 nitrogen and oxygen atoms in total. The molecular weight excluding hydrogens is 238 g/mol. The predicted octanol–water partition coefficient (Wildman–Crippen LogP) is 2.82. The molecule has 1 rings (SSSR count). The Hall–Kier alpha value is -0.120. The summed E-state index contributed by atoms with van der Waals surface area (Å²) < 4.78 is 6.10. The van der Waals surface area contributed by atoms with E-state index >= 15 is 0 Å². The molecule has 4 atom stereocenters. The van der Waals surface area contributed by atoms with Crippen LogP contribution in [0.25, 0.3) is 0 Å². The molecule has 0 saturated heterocycles. The molecule has 114 valence electrons. The zero-order valence-electron chi connectivity index (χ0n) is 13.4. The molecule has 0 aromatic heterocycles. The smallest absolute Gasteiger partial charge is 0.0975 e. The van der Waals surface area contributed by atoms with E-state index in [1.54, 1.807) is 0 Å². The largest absolute Gasteiger partial charge is 0.386 e. The Labute approximate surface area is 119 Å². The van der Waals surface area contributed by atoms with Crippen LogP contribution in [0.2, 0.25) is 0 Å². The topological polar surface area (TPSA) is 41.5 Å². The first-order chi connectivity index (χ1) is 8.85. The third kappa shape index (κ3) is 5.80. The molecule has 1 aliphatic carbocycles. The maximum Gasteiger partial charge on any atom is 0.0975 e. The lowest BCUT2D eigenvalue weighted by atomic mass is 9.75. The summed E-state index contributed by atoms with van der Waals surface area (Å²) in [5.41, 5.74) is -0.766. The number of nitrogens with one attached hydrogen (secondary N) is 1. The van der Waals surface area contributed by atoms with Gasteiger partial charge in [0, 0.05) is 6.54 Å². The first kappa shape index (κ1) is 16.9. The van der Waals surface area contributed by atoms with Crippen LogP contribution < -0.4 is 5.32 Å². The SMILES string of the molecule is CCNCC(C)(O)COC1CC(C)CCC1C(C)C. The van der Waals surface area contributed by atoms with E-state index in [0.29, 0.717) is 31.1 Å². The molecule has 3 heteroatoms. The summed E-state index contributed by atoms with van der Waals surface area (Å²) in [5, 5.41) is 13.5. The van der Waals surface area contributed by atoms with Gasteiger partial charge in [0.2, 0.25) is 0 Å². The summed E-state index contributed by atoms with van der Waals surface area (Å²) in [6, 6.07) is 0. The zero-order valence-corrected chi connectivity index (χ0v) is 13.4. The van der Waals surface area contributed by atoms with Crippen molar-refractivity contribution < 1.29 is 9.84 Å². The van der Waals surface area contributed by atoms with Crippen molar-refractivity contribution in [2.45, 2.75) is 65.6 Å². The first-order valence-corrected chi connectivity index (χ1v) is 7.90. The fraction of sp³-hybridized carbons (Fsp3) is 1.00. The normalized spacial score (nSPS) is 31.4. The van der Waals surface area contributed by atoms with E-state index in [2.05, 4.69) is 33.0 Å². The second kappa shape index (κ2) is 7.61. The van der Waals surface area contributed by atoms with Crippen molar-refractivity contribution >= 4 is 0 Å². The van der Waals surface area contributed by atoms with E-state index in [4.69, 9.17) is 4.74 Å². The lowest BCUT2D eigenvalue weighted by Crippen LogP contribution is -2.44. The maximum atomic E-state index is 10.3. The Kier molecular flexibility index (Phi) is 6.78. The second-order valence-electron chi connectivity index (χ2n) is 6.95. The molecule has 0 radical (unpaired) electrons. The summed E-state index contributed by atoms with van der Waals surface area (Å²) in [4.78, 5) is 0.